The lowest BCUT2D eigenvalue weighted by molar-refractivity contribution is -0.167. The number of esters is 6. The third-order valence-electron chi connectivity index (χ3n) is 14.9. The number of rotatable bonds is 59. The molecule has 0 amide bonds. The molecule has 0 aromatic heterocycles. The molecule has 0 aliphatic heterocycles. The van der Waals surface area contributed by atoms with Crippen molar-refractivity contribution in [3.8, 4) is 0 Å². The van der Waals surface area contributed by atoms with Gasteiger partial charge in [-0.05, 0) is 77.0 Å². The zero-order valence-corrected chi connectivity index (χ0v) is 51.2. The Bertz CT molecular complexity index is 1540. The summed E-state index contributed by atoms with van der Waals surface area (Å²) >= 11 is 0. The van der Waals surface area contributed by atoms with Gasteiger partial charge in [0.25, 0.3) is 0 Å². The molecule has 15 nitrogen and oxygen atoms in total. The summed E-state index contributed by atoms with van der Waals surface area (Å²) in [7, 11) is 0. The molecule has 6 unspecified atom stereocenters. The topological polar surface area (TPSA) is 218 Å². The Hall–Kier alpha value is -4.08. The molecule has 0 bridgehead atoms. The first-order valence-corrected chi connectivity index (χ1v) is 32.3. The van der Waals surface area contributed by atoms with Crippen molar-refractivity contribution in [1.82, 2.24) is 0 Å². The fourth-order valence-corrected chi connectivity index (χ4v) is 9.85. The molecule has 6 atom stereocenters. The molecule has 0 aliphatic rings. The van der Waals surface area contributed by atoms with Crippen LogP contribution >= 0.6 is 0 Å². The Morgan fingerprint density at radius 1 is 0.321 bits per heavy atom. The van der Waals surface area contributed by atoms with Gasteiger partial charge in [-0.3, -0.25) is 14.4 Å². The van der Waals surface area contributed by atoms with Gasteiger partial charge in [0.05, 0.1) is 18.3 Å². The van der Waals surface area contributed by atoms with Gasteiger partial charge in [-0.25, -0.2) is 14.4 Å². The van der Waals surface area contributed by atoms with Crippen LogP contribution in [0.4, 0.5) is 0 Å². The van der Waals surface area contributed by atoms with Gasteiger partial charge < -0.3 is 43.7 Å². The van der Waals surface area contributed by atoms with E-state index in [4.69, 9.17) is 28.4 Å². The maximum atomic E-state index is 13.1. The van der Waals surface area contributed by atoms with Crippen LogP contribution in [0.1, 0.15) is 290 Å². The second-order valence-electron chi connectivity index (χ2n) is 22.3. The number of aliphatic hydroxyl groups is 3. The van der Waals surface area contributed by atoms with Gasteiger partial charge in [0.15, 0.2) is 6.10 Å². The predicted octanol–water partition coefficient (Wildman–Crippen LogP) is 14.8. The van der Waals surface area contributed by atoms with Gasteiger partial charge >= 0.3 is 35.8 Å². The number of hydrogen-bond acceptors (Lipinski definition) is 15. The first-order chi connectivity index (χ1) is 39.2. The van der Waals surface area contributed by atoms with Gasteiger partial charge in [0, 0.05) is 37.5 Å². The molecule has 0 rings (SSSR count). The van der Waals surface area contributed by atoms with Gasteiger partial charge in [-0.2, -0.15) is 0 Å². The third kappa shape index (κ3) is 47.0. The summed E-state index contributed by atoms with van der Waals surface area (Å²) in [5.41, 5.74) is 0. The van der Waals surface area contributed by atoms with Crippen LogP contribution in [0.15, 0.2) is 38.0 Å². The summed E-state index contributed by atoms with van der Waals surface area (Å²) in [6.07, 6.45) is 33.2. The number of carbonyl (C=O) groups is 6. The van der Waals surface area contributed by atoms with Crippen molar-refractivity contribution in [2.75, 3.05) is 13.2 Å². The maximum absolute atomic E-state index is 13.1. The highest BCUT2D eigenvalue weighted by atomic mass is 16.6. The Labute approximate surface area is 490 Å². The molecule has 3 N–H and O–H groups in total. The SMILES string of the molecule is C=CC(=O)OC(CCCCCCCC(=O)OCC(COC(=O)CCCCCCCC(OC(=O)C=C)C(O)CCCCCCCC)OC(=O)CCCCCCCC(OC(=O)C=C)C(O)CCCCCCCC)C(O)CCCCCCCC. The van der Waals surface area contributed by atoms with E-state index in [2.05, 4.69) is 40.5 Å². The van der Waals surface area contributed by atoms with Crippen LogP contribution in [-0.2, 0) is 57.2 Å². The normalized spacial score (nSPS) is 13.9. The van der Waals surface area contributed by atoms with E-state index in [0.29, 0.717) is 57.8 Å². The first-order valence-electron chi connectivity index (χ1n) is 32.3. The summed E-state index contributed by atoms with van der Waals surface area (Å²) < 4.78 is 33.3. The number of ether oxygens (including phenoxy) is 6. The van der Waals surface area contributed by atoms with E-state index in [1.165, 1.54) is 57.8 Å². The molecule has 0 heterocycles. The molecule has 0 saturated heterocycles. The van der Waals surface area contributed by atoms with Crippen molar-refractivity contribution in [3.63, 3.8) is 0 Å². The van der Waals surface area contributed by atoms with E-state index < -0.39 is 78.5 Å². The van der Waals surface area contributed by atoms with E-state index in [0.717, 1.165) is 153 Å². The Morgan fingerprint density at radius 3 is 0.827 bits per heavy atom. The number of carbonyl (C=O) groups excluding carboxylic acids is 6. The summed E-state index contributed by atoms with van der Waals surface area (Å²) in [5.74, 6) is -3.03. The minimum absolute atomic E-state index is 0.125. The predicted molar refractivity (Wildman–Crippen MR) is 321 cm³/mol. The lowest BCUT2D eigenvalue weighted by Crippen LogP contribution is -2.31. The summed E-state index contributed by atoms with van der Waals surface area (Å²) in [6, 6.07) is 0. The highest BCUT2D eigenvalue weighted by molar-refractivity contribution is 5.82. The fourth-order valence-electron chi connectivity index (χ4n) is 9.85. The smallest absolute Gasteiger partial charge is 0.330 e. The molecule has 81 heavy (non-hydrogen) atoms. The minimum atomic E-state index is -0.984. The third-order valence-corrected chi connectivity index (χ3v) is 14.9. The highest BCUT2D eigenvalue weighted by Gasteiger charge is 2.25. The average Bonchev–Trinajstić information content (AvgIpc) is 3.46. The quantitative estimate of drug-likeness (QED) is 0.0223. The molecule has 0 aromatic carbocycles. The number of aliphatic hydroxyl groups excluding tert-OH is 3. The fraction of sp³-hybridized carbons (Fsp3) is 0.818. The lowest BCUT2D eigenvalue weighted by atomic mass is 9.99. The van der Waals surface area contributed by atoms with Crippen LogP contribution in [0.3, 0.4) is 0 Å². The van der Waals surface area contributed by atoms with Crippen LogP contribution in [0.25, 0.3) is 0 Å². The molecule has 0 aromatic rings. The molecule has 0 aliphatic carbocycles. The monoisotopic (exact) mass is 1150 g/mol. The molecule has 0 fully saturated rings. The van der Waals surface area contributed by atoms with Crippen LogP contribution in [0.2, 0.25) is 0 Å². The first kappa shape index (κ1) is 76.9. The van der Waals surface area contributed by atoms with E-state index >= 15 is 0 Å². The number of hydrogen-bond donors (Lipinski definition) is 3. The molecule has 0 radical (unpaired) electrons. The zero-order valence-electron chi connectivity index (χ0n) is 51.2. The van der Waals surface area contributed by atoms with Gasteiger partial charge in [0.2, 0.25) is 0 Å². The molecular weight excluding hydrogens is 1030 g/mol. The van der Waals surface area contributed by atoms with Crippen molar-refractivity contribution in [1.29, 1.82) is 0 Å². The molecule has 15 heteroatoms. The summed E-state index contributed by atoms with van der Waals surface area (Å²) in [5, 5.41) is 32.5. The zero-order chi connectivity index (χ0) is 60.0. The Balaban J connectivity index is 5.17. The van der Waals surface area contributed by atoms with Crippen LogP contribution < -0.4 is 0 Å². The van der Waals surface area contributed by atoms with Crippen molar-refractivity contribution in [2.45, 2.75) is 333 Å². The second kappa shape index (κ2) is 55.1. The minimum Gasteiger partial charge on any atom is -0.462 e. The van der Waals surface area contributed by atoms with Gasteiger partial charge in [-0.1, -0.05) is 214 Å². The van der Waals surface area contributed by atoms with E-state index in [-0.39, 0.29) is 32.5 Å². The second-order valence-corrected chi connectivity index (χ2v) is 22.3. The van der Waals surface area contributed by atoms with Crippen molar-refractivity contribution < 1.29 is 72.5 Å². The van der Waals surface area contributed by atoms with Crippen LogP contribution in [0, 0.1) is 0 Å². The molecule has 470 valence electrons. The Morgan fingerprint density at radius 2 is 0.556 bits per heavy atom. The van der Waals surface area contributed by atoms with Crippen molar-refractivity contribution in [3.05, 3.63) is 38.0 Å². The molecule has 0 spiro atoms. The molecular formula is C66H116O15. The highest BCUT2D eigenvalue weighted by Crippen LogP contribution is 2.22. The molecule has 0 saturated carbocycles. The van der Waals surface area contributed by atoms with Crippen LogP contribution in [-0.4, -0.2) is 107 Å². The van der Waals surface area contributed by atoms with Crippen LogP contribution in [0.5, 0.6) is 0 Å². The van der Waals surface area contributed by atoms with Crippen molar-refractivity contribution in [2.24, 2.45) is 0 Å². The average molecular weight is 1150 g/mol. The van der Waals surface area contributed by atoms with Gasteiger partial charge in [-0.15, -0.1) is 0 Å². The van der Waals surface area contributed by atoms with Crippen molar-refractivity contribution >= 4 is 35.8 Å². The van der Waals surface area contributed by atoms with E-state index in [9.17, 15) is 44.1 Å². The largest absolute Gasteiger partial charge is 0.462 e. The standard InChI is InChI=1S/C66H116O15/c1-7-13-16-19-25-34-43-55(67)58(79-61(70)10-4)46-37-28-22-31-40-49-64(73)76-52-54(78-66(75)51-42-33-24-30-39-48-60(81-63(72)12-6)57(69)45-36-27-21-18-15-9-3)53-77-65(74)50-41-32-23-29-38-47-59(80-62(71)11-5)56(68)44-35-26-20-17-14-8-2/h10-12,54-60,67-69H,4-9,13-53H2,1-3H3. The Kier molecular flexibility index (Phi) is 52.4. The maximum Gasteiger partial charge on any atom is 0.330 e. The number of unbranched alkanes of at least 4 members (excludes halogenated alkanes) is 27. The van der Waals surface area contributed by atoms with Gasteiger partial charge in [0.1, 0.15) is 31.5 Å². The lowest BCUT2D eigenvalue weighted by Gasteiger charge is -2.23. The van der Waals surface area contributed by atoms with E-state index in [1.54, 1.807) is 0 Å². The van der Waals surface area contributed by atoms with E-state index in [1.807, 2.05) is 0 Å². The summed E-state index contributed by atoms with van der Waals surface area (Å²) in [4.78, 5) is 74.9. The summed E-state index contributed by atoms with van der Waals surface area (Å²) in [6.45, 7) is 16.5.